The van der Waals surface area contributed by atoms with Gasteiger partial charge in [-0.1, -0.05) is 42.2 Å². The van der Waals surface area contributed by atoms with Gasteiger partial charge in [0.1, 0.15) is 6.61 Å². The van der Waals surface area contributed by atoms with Gasteiger partial charge in [-0.2, -0.15) is 0 Å². The number of rotatable bonds is 11. The summed E-state index contributed by atoms with van der Waals surface area (Å²) in [5.74, 6) is 1.01. The van der Waals surface area contributed by atoms with Crippen molar-refractivity contribution in [1.82, 2.24) is 5.32 Å². The van der Waals surface area contributed by atoms with Crippen molar-refractivity contribution < 1.29 is 19.1 Å². The molecule has 0 heterocycles. The quantitative estimate of drug-likeness (QED) is 0.346. The van der Waals surface area contributed by atoms with E-state index in [1.807, 2.05) is 30.3 Å². The molecule has 0 aliphatic rings. The highest BCUT2D eigenvalue weighted by Crippen LogP contribution is 2.28. The molecular weight excluding hydrogens is 380 g/mol. The number of carbonyl (C=O) groups excluding carboxylic acids is 1. The molecule has 1 N–H and O–H groups in total. The Kier molecular flexibility index (Phi) is 9.15. The molecule has 0 aliphatic carbocycles. The average Bonchev–Trinajstić information content (AvgIpc) is 2.71. The number of benzene rings is 2. The lowest BCUT2D eigenvalue weighted by Gasteiger charge is -2.11. The summed E-state index contributed by atoms with van der Waals surface area (Å²) >= 11 is 5.89. The Hall–Kier alpha value is -2.73. The lowest BCUT2D eigenvalue weighted by atomic mass is 10.2. The highest BCUT2D eigenvalue weighted by atomic mass is 35.5. The van der Waals surface area contributed by atoms with E-state index < -0.39 is 0 Å². The highest BCUT2D eigenvalue weighted by Gasteiger charge is 2.06. The normalized spacial score (nSPS) is 10.7. The zero-order valence-electron chi connectivity index (χ0n) is 16.1. The third kappa shape index (κ3) is 7.48. The largest absolute Gasteiger partial charge is 0.493 e. The Morgan fingerprint density at radius 2 is 1.96 bits per heavy atom. The molecule has 6 nitrogen and oxygen atoms in total. The Morgan fingerprint density at radius 1 is 1.18 bits per heavy atom. The number of ether oxygens (including phenoxy) is 2. The maximum atomic E-state index is 11.5. The predicted molar refractivity (Wildman–Crippen MR) is 110 cm³/mol. The molecule has 0 aromatic heterocycles. The Morgan fingerprint density at radius 3 is 2.68 bits per heavy atom. The molecule has 1 amide bonds. The van der Waals surface area contributed by atoms with E-state index in [0.717, 1.165) is 24.0 Å². The summed E-state index contributed by atoms with van der Waals surface area (Å²) < 4.78 is 11.2. The van der Waals surface area contributed by atoms with Crippen molar-refractivity contribution in [2.24, 2.45) is 5.16 Å². The van der Waals surface area contributed by atoms with E-state index in [0.29, 0.717) is 29.7 Å². The van der Waals surface area contributed by atoms with Gasteiger partial charge in [0.05, 0.1) is 13.3 Å². The van der Waals surface area contributed by atoms with E-state index in [9.17, 15) is 4.79 Å². The van der Waals surface area contributed by atoms with Crippen molar-refractivity contribution in [3.05, 3.63) is 58.6 Å². The number of nitrogens with zero attached hydrogens (tertiary/aromatic N) is 1. The van der Waals surface area contributed by atoms with E-state index in [1.54, 1.807) is 19.2 Å². The smallest absolute Gasteiger partial charge is 0.260 e. The number of amides is 1. The molecule has 7 heteroatoms. The van der Waals surface area contributed by atoms with Crippen molar-refractivity contribution >= 4 is 23.7 Å². The second-order valence-corrected chi connectivity index (χ2v) is 6.47. The molecule has 0 unspecified atom stereocenters. The number of hydrogen-bond acceptors (Lipinski definition) is 5. The maximum absolute atomic E-state index is 11.5. The van der Waals surface area contributed by atoms with Gasteiger partial charge in [-0.15, -0.1) is 0 Å². The number of nitrogens with one attached hydrogen (secondary N) is 1. The second kappa shape index (κ2) is 11.9. The van der Waals surface area contributed by atoms with Crippen molar-refractivity contribution in [1.29, 1.82) is 0 Å². The van der Waals surface area contributed by atoms with Crippen LogP contribution in [0.4, 0.5) is 0 Å². The molecule has 0 radical (unpaired) electrons. The van der Waals surface area contributed by atoms with Gasteiger partial charge in [0.15, 0.2) is 18.1 Å². The summed E-state index contributed by atoms with van der Waals surface area (Å²) in [5.41, 5.74) is 1.77. The topological polar surface area (TPSA) is 69.2 Å². The maximum Gasteiger partial charge on any atom is 0.260 e. The van der Waals surface area contributed by atoms with Gasteiger partial charge in [-0.05, 0) is 42.3 Å². The summed E-state index contributed by atoms with van der Waals surface area (Å²) in [7, 11) is 1.57. The fourth-order valence-corrected chi connectivity index (χ4v) is 2.40. The third-order valence-electron chi connectivity index (χ3n) is 3.82. The summed E-state index contributed by atoms with van der Waals surface area (Å²) in [6, 6.07) is 12.9. The van der Waals surface area contributed by atoms with E-state index in [2.05, 4.69) is 17.4 Å². The Labute approximate surface area is 170 Å². The van der Waals surface area contributed by atoms with Crippen LogP contribution in [0.25, 0.3) is 0 Å². The van der Waals surface area contributed by atoms with Crippen LogP contribution in [0.3, 0.4) is 0 Å². The van der Waals surface area contributed by atoms with Crippen LogP contribution in [0.15, 0.2) is 47.6 Å². The molecule has 0 fully saturated rings. The van der Waals surface area contributed by atoms with Gasteiger partial charge in [-0.3, -0.25) is 4.79 Å². The Balaban J connectivity index is 1.85. The first-order valence-electron chi connectivity index (χ1n) is 9.09. The fourth-order valence-electron chi connectivity index (χ4n) is 2.28. The molecule has 0 bridgehead atoms. The van der Waals surface area contributed by atoms with Gasteiger partial charge in [-0.25, -0.2) is 0 Å². The molecule has 2 rings (SSSR count). The van der Waals surface area contributed by atoms with E-state index >= 15 is 0 Å². The van der Waals surface area contributed by atoms with Gasteiger partial charge in [0.2, 0.25) is 0 Å². The number of methoxy groups -OCH3 is 1. The molecule has 2 aromatic rings. The number of oxime groups is 1. The minimum absolute atomic E-state index is 0.111. The first kappa shape index (κ1) is 21.6. The standard InChI is InChI=1S/C21H25ClN2O4/c1-3-4-11-23-21(25)15-28-24-13-17-7-10-19(20(12-17)26-2)27-14-16-5-8-18(22)9-6-16/h5-10,12-13H,3-4,11,14-15H2,1-2H3,(H,23,25)/b24-13+. The minimum Gasteiger partial charge on any atom is -0.493 e. The summed E-state index contributed by atoms with van der Waals surface area (Å²) in [6.45, 7) is 3.00. The minimum atomic E-state index is -0.186. The molecular formula is C21H25ClN2O4. The molecule has 0 spiro atoms. The van der Waals surface area contributed by atoms with Gasteiger partial charge in [0, 0.05) is 17.1 Å². The Bertz CT molecular complexity index is 778. The molecule has 0 saturated carbocycles. The van der Waals surface area contributed by atoms with Gasteiger partial charge < -0.3 is 19.6 Å². The third-order valence-corrected chi connectivity index (χ3v) is 4.07. The number of unbranched alkanes of at least 4 members (excludes halogenated alkanes) is 1. The highest BCUT2D eigenvalue weighted by molar-refractivity contribution is 6.30. The monoisotopic (exact) mass is 404 g/mol. The van der Waals surface area contributed by atoms with Crippen molar-refractivity contribution in [3.63, 3.8) is 0 Å². The first-order valence-corrected chi connectivity index (χ1v) is 9.47. The van der Waals surface area contributed by atoms with E-state index in [1.165, 1.54) is 6.21 Å². The number of hydrogen-bond donors (Lipinski definition) is 1. The summed E-state index contributed by atoms with van der Waals surface area (Å²) in [4.78, 5) is 16.6. The van der Waals surface area contributed by atoms with Crippen molar-refractivity contribution in [2.75, 3.05) is 20.3 Å². The number of halogens is 1. The first-order chi connectivity index (χ1) is 13.6. The lowest BCUT2D eigenvalue weighted by molar-refractivity contribution is -0.125. The molecule has 150 valence electrons. The zero-order valence-corrected chi connectivity index (χ0v) is 16.9. The van der Waals surface area contributed by atoms with Crippen LogP contribution >= 0.6 is 11.6 Å². The lowest BCUT2D eigenvalue weighted by Crippen LogP contribution is -2.27. The molecule has 0 saturated heterocycles. The molecule has 0 aliphatic heterocycles. The van der Waals surface area contributed by atoms with Crippen LogP contribution in [0.2, 0.25) is 5.02 Å². The SMILES string of the molecule is CCCCNC(=O)CO/N=C/c1ccc(OCc2ccc(Cl)cc2)c(OC)c1. The zero-order chi connectivity index (χ0) is 20.2. The van der Waals surface area contributed by atoms with E-state index in [-0.39, 0.29) is 12.5 Å². The predicted octanol–water partition coefficient (Wildman–Crippen LogP) is 4.19. The molecule has 0 atom stereocenters. The van der Waals surface area contributed by atoms with Crippen molar-refractivity contribution in [3.8, 4) is 11.5 Å². The van der Waals surface area contributed by atoms with Crippen LogP contribution in [0.1, 0.15) is 30.9 Å². The number of carbonyl (C=O) groups is 1. The van der Waals surface area contributed by atoms with Crippen LogP contribution < -0.4 is 14.8 Å². The molecule has 28 heavy (non-hydrogen) atoms. The summed E-state index contributed by atoms with van der Waals surface area (Å²) in [6.07, 6.45) is 3.49. The van der Waals surface area contributed by atoms with E-state index in [4.69, 9.17) is 25.9 Å². The average molecular weight is 405 g/mol. The molecule has 2 aromatic carbocycles. The van der Waals surface area contributed by atoms with Gasteiger partial charge >= 0.3 is 0 Å². The summed E-state index contributed by atoms with van der Waals surface area (Å²) in [5, 5.41) is 7.26. The van der Waals surface area contributed by atoms with Gasteiger partial charge in [0.25, 0.3) is 5.91 Å². The van der Waals surface area contributed by atoms with Crippen LogP contribution in [-0.4, -0.2) is 32.4 Å². The second-order valence-electron chi connectivity index (χ2n) is 6.04. The van der Waals surface area contributed by atoms with Crippen LogP contribution in [0, 0.1) is 0 Å². The van der Waals surface area contributed by atoms with Crippen LogP contribution in [0.5, 0.6) is 11.5 Å². The fraction of sp³-hybridized carbons (Fsp3) is 0.333. The van der Waals surface area contributed by atoms with Crippen molar-refractivity contribution in [2.45, 2.75) is 26.4 Å². The van der Waals surface area contributed by atoms with Crippen LogP contribution in [-0.2, 0) is 16.2 Å².